The van der Waals surface area contributed by atoms with Crippen molar-refractivity contribution in [2.45, 2.75) is 27.3 Å². The van der Waals surface area contributed by atoms with Gasteiger partial charge < -0.3 is 4.57 Å². The Morgan fingerprint density at radius 1 is 1.00 bits per heavy atom. The minimum atomic E-state index is -0.228. The number of nitrogens with zero attached hydrogens (tertiary/aromatic N) is 1. The first kappa shape index (κ1) is 17.7. The van der Waals surface area contributed by atoms with Gasteiger partial charge in [0.2, 0.25) is 0 Å². The highest BCUT2D eigenvalue weighted by Crippen LogP contribution is 2.24. The van der Waals surface area contributed by atoms with Gasteiger partial charge in [-0.05, 0) is 56.2 Å². The van der Waals surface area contributed by atoms with Crippen LogP contribution in [-0.2, 0) is 6.54 Å². The summed E-state index contributed by atoms with van der Waals surface area (Å²) >= 11 is 12.0. The van der Waals surface area contributed by atoms with E-state index in [2.05, 4.69) is 0 Å². The van der Waals surface area contributed by atoms with Gasteiger partial charge in [-0.3, -0.25) is 9.59 Å². The van der Waals surface area contributed by atoms with E-state index < -0.39 is 0 Å². The smallest absolute Gasteiger partial charge is 0.251 e. The minimum Gasteiger partial charge on any atom is -0.300 e. The highest BCUT2D eigenvalue weighted by molar-refractivity contribution is 6.36. The molecule has 0 radical (unpaired) electrons. The topological polar surface area (TPSA) is 39.1 Å². The van der Waals surface area contributed by atoms with Crippen LogP contribution >= 0.6 is 23.2 Å². The summed E-state index contributed by atoms with van der Waals surface area (Å²) in [5, 5.41) is 1.73. The second-order valence-corrected chi connectivity index (χ2v) is 7.12. The van der Waals surface area contributed by atoms with Gasteiger partial charge in [-0.1, -0.05) is 34.8 Å². The van der Waals surface area contributed by atoms with Crippen LogP contribution in [0.4, 0.5) is 0 Å². The molecule has 25 heavy (non-hydrogen) atoms. The maximum atomic E-state index is 12.7. The summed E-state index contributed by atoms with van der Waals surface area (Å²) in [6.07, 6.45) is 0. The number of aryl methyl sites for hydroxylation is 3. The van der Waals surface area contributed by atoms with Crippen molar-refractivity contribution in [3.05, 3.63) is 79.1 Å². The second-order valence-electron chi connectivity index (χ2n) is 6.28. The van der Waals surface area contributed by atoms with E-state index in [4.69, 9.17) is 23.2 Å². The summed E-state index contributed by atoms with van der Waals surface area (Å²) in [5.41, 5.74) is 3.93. The number of halogens is 2. The van der Waals surface area contributed by atoms with Gasteiger partial charge in [-0.2, -0.15) is 0 Å². The fourth-order valence-corrected chi connectivity index (χ4v) is 3.69. The van der Waals surface area contributed by atoms with E-state index in [-0.39, 0.29) is 22.9 Å². The van der Waals surface area contributed by atoms with Gasteiger partial charge >= 0.3 is 0 Å². The molecular formula is C20H17Cl2NO2. The molecule has 3 rings (SSSR count). The lowest BCUT2D eigenvalue weighted by Crippen LogP contribution is -2.25. The summed E-state index contributed by atoms with van der Waals surface area (Å²) in [7, 11) is 0. The first-order valence-corrected chi connectivity index (χ1v) is 8.63. The molecule has 128 valence electrons. The zero-order valence-electron chi connectivity index (χ0n) is 14.2. The SMILES string of the molecule is Cc1cc(C)c2c(c1)c(C)cc(=O)n2CC(=O)c1ccc(Cl)cc1Cl. The predicted molar refractivity (Wildman–Crippen MR) is 103 cm³/mol. The fourth-order valence-electron chi connectivity index (χ4n) is 3.17. The lowest BCUT2D eigenvalue weighted by atomic mass is 10.0. The molecule has 0 aliphatic heterocycles. The van der Waals surface area contributed by atoms with Crippen molar-refractivity contribution in [2.75, 3.05) is 0 Å². The molecule has 0 atom stereocenters. The number of benzene rings is 2. The Balaban J connectivity index is 2.16. The van der Waals surface area contributed by atoms with Crippen molar-refractivity contribution in [3.63, 3.8) is 0 Å². The van der Waals surface area contributed by atoms with Gasteiger partial charge in [-0.25, -0.2) is 0 Å². The van der Waals surface area contributed by atoms with Crippen LogP contribution in [0.2, 0.25) is 10.0 Å². The third-order valence-corrected chi connectivity index (χ3v) is 4.83. The quantitative estimate of drug-likeness (QED) is 0.597. The Labute approximate surface area is 155 Å². The summed E-state index contributed by atoms with van der Waals surface area (Å²) < 4.78 is 1.52. The third-order valence-electron chi connectivity index (χ3n) is 4.28. The Bertz CT molecular complexity index is 1070. The standard InChI is InChI=1S/C20H17Cl2NO2/c1-11-6-13(3)20-16(7-11)12(2)8-19(25)23(20)10-18(24)15-5-4-14(21)9-17(15)22/h4-9H,10H2,1-3H3. The van der Waals surface area contributed by atoms with Crippen molar-refractivity contribution in [1.82, 2.24) is 4.57 Å². The van der Waals surface area contributed by atoms with Crippen molar-refractivity contribution < 1.29 is 4.79 Å². The van der Waals surface area contributed by atoms with E-state index in [1.165, 1.54) is 10.6 Å². The first-order chi connectivity index (χ1) is 11.8. The molecule has 0 aliphatic carbocycles. The largest absolute Gasteiger partial charge is 0.300 e. The fraction of sp³-hybridized carbons (Fsp3) is 0.200. The molecule has 0 unspecified atom stereocenters. The maximum Gasteiger partial charge on any atom is 0.251 e. The van der Waals surface area contributed by atoms with Crippen molar-refractivity contribution in [2.24, 2.45) is 0 Å². The van der Waals surface area contributed by atoms with Gasteiger partial charge in [0.05, 0.1) is 17.1 Å². The molecule has 0 saturated heterocycles. The van der Waals surface area contributed by atoms with Crippen LogP contribution in [0.25, 0.3) is 10.9 Å². The average Bonchev–Trinajstić information content (AvgIpc) is 2.51. The number of ketones is 1. The highest BCUT2D eigenvalue weighted by Gasteiger charge is 2.16. The number of rotatable bonds is 3. The van der Waals surface area contributed by atoms with Gasteiger partial charge in [0, 0.05) is 22.0 Å². The molecule has 3 nitrogen and oxygen atoms in total. The summed E-state index contributed by atoms with van der Waals surface area (Å²) in [6, 6.07) is 10.3. The zero-order chi connectivity index (χ0) is 18.3. The maximum absolute atomic E-state index is 12.7. The zero-order valence-corrected chi connectivity index (χ0v) is 15.7. The van der Waals surface area contributed by atoms with Crippen LogP contribution in [0.5, 0.6) is 0 Å². The Kier molecular flexibility index (Phi) is 4.72. The molecule has 3 aromatic rings. The van der Waals surface area contributed by atoms with Crippen LogP contribution < -0.4 is 5.56 Å². The van der Waals surface area contributed by atoms with Gasteiger partial charge in [0.1, 0.15) is 0 Å². The highest BCUT2D eigenvalue weighted by atomic mass is 35.5. The number of hydrogen-bond acceptors (Lipinski definition) is 2. The molecule has 0 aliphatic rings. The first-order valence-electron chi connectivity index (χ1n) is 7.87. The van der Waals surface area contributed by atoms with E-state index in [0.29, 0.717) is 10.6 Å². The van der Waals surface area contributed by atoms with Crippen LogP contribution in [-0.4, -0.2) is 10.4 Å². The van der Waals surface area contributed by atoms with Gasteiger partial charge in [0.15, 0.2) is 5.78 Å². The predicted octanol–water partition coefficient (Wildman–Crippen LogP) is 5.12. The van der Waals surface area contributed by atoms with Gasteiger partial charge in [0.25, 0.3) is 5.56 Å². The van der Waals surface area contributed by atoms with E-state index in [9.17, 15) is 9.59 Å². The Hall–Kier alpha value is -2.10. The van der Waals surface area contributed by atoms with E-state index >= 15 is 0 Å². The molecular weight excluding hydrogens is 357 g/mol. The molecule has 0 saturated carbocycles. The number of carbonyl (C=O) groups excluding carboxylic acids is 1. The van der Waals surface area contributed by atoms with Crippen LogP contribution in [0.3, 0.4) is 0 Å². The molecule has 0 N–H and O–H groups in total. The van der Waals surface area contributed by atoms with Crippen molar-refractivity contribution in [3.8, 4) is 0 Å². The Morgan fingerprint density at radius 3 is 2.40 bits per heavy atom. The third kappa shape index (κ3) is 3.35. The number of fused-ring (bicyclic) bond motifs is 1. The normalized spacial score (nSPS) is 11.1. The summed E-state index contributed by atoms with van der Waals surface area (Å²) in [4.78, 5) is 25.3. The second kappa shape index (κ2) is 6.66. The molecule has 0 spiro atoms. The number of hydrogen-bond donors (Lipinski definition) is 0. The van der Waals surface area contributed by atoms with Crippen LogP contribution in [0.15, 0.2) is 41.2 Å². The number of Topliss-reactive ketones (excluding diaryl/α,β-unsaturated/α-hetero) is 1. The van der Waals surface area contributed by atoms with Crippen molar-refractivity contribution >= 4 is 39.9 Å². The molecule has 0 bridgehead atoms. The monoisotopic (exact) mass is 373 g/mol. The summed E-state index contributed by atoms with van der Waals surface area (Å²) in [5.74, 6) is -0.228. The molecule has 0 amide bonds. The van der Waals surface area contributed by atoms with Crippen LogP contribution in [0, 0.1) is 20.8 Å². The lowest BCUT2D eigenvalue weighted by Gasteiger charge is -2.15. The summed E-state index contributed by atoms with van der Waals surface area (Å²) in [6.45, 7) is 5.80. The van der Waals surface area contributed by atoms with Crippen LogP contribution in [0.1, 0.15) is 27.0 Å². The molecule has 1 aromatic heterocycles. The minimum absolute atomic E-state index is 0.0686. The van der Waals surface area contributed by atoms with E-state index in [1.807, 2.05) is 32.9 Å². The molecule has 2 aromatic carbocycles. The van der Waals surface area contributed by atoms with E-state index in [1.54, 1.807) is 18.2 Å². The number of pyridine rings is 1. The van der Waals surface area contributed by atoms with Gasteiger partial charge in [-0.15, -0.1) is 0 Å². The number of carbonyl (C=O) groups is 1. The lowest BCUT2D eigenvalue weighted by molar-refractivity contribution is 0.0972. The molecule has 0 fully saturated rings. The molecule has 1 heterocycles. The molecule has 5 heteroatoms. The van der Waals surface area contributed by atoms with Crippen molar-refractivity contribution in [1.29, 1.82) is 0 Å². The average molecular weight is 374 g/mol. The number of aromatic nitrogens is 1. The van der Waals surface area contributed by atoms with E-state index in [0.717, 1.165) is 27.6 Å². The Morgan fingerprint density at radius 2 is 1.72 bits per heavy atom.